The second-order valence-electron chi connectivity index (χ2n) is 7.44. The molecule has 6 heteroatoms. The average Bonchev–Trinajstić information content (AvgIpc) is 2.78. The molecule has 3 aromatic carbocycles. The number of benzene rings is 3. The highest BCUT2D eigenvalue weighted by atomic mass is 32.2. The Labute approximate surface area is 185 Å². The first-order valence-corrected chi connectivity index (χ1v) is 11.0. The van der Waals surface area contributed by atoms with Gasteiger partial charge in [0.15, 0.2) is 5.16 Å². The molecular formula is C25H23N3O2S. The van der Waals surface area contributed by atoms with Crippen molar-refractivity contribution in [1.82, 2.24) is 9.55 Å². The molecule has 0 bridgehead atoms. The van der Waals surface area contributed by atoms with Gasteiger partial charge in [-0.25, -0.2) is 4.98 Å². The standard InChI is InChI=1S/C25H23N3O2S/c1-17-12-13-22-20(14-17)24(30)28(2)25(27-22)31-16-23(29)26-21-11-7-6-10-19(21)15-18-8-4-3-5-9-18/h3-14H,15-16H2,1-2H3,(H,26,29). The van der Waals surface area contributed by atoms with Crippen molar-refractivity contribution in [2.24, 2.45) is 7.05 Å². The van der Waals surface area contributed by atoms with Crippen molar-refractivity contribution in [1.29, 1.82) is 0 Å². The first-order valence-electron chi connectivity index (χ1n) is 10.0. The molecule has 1 aromatic heterocycles. The van der Waals surface area contributed by atoms with Gasteiger partial charge in [0.2, 0.25) is 5.91 Å². The van der Waals surface area contributed by atoms with Gasteiger partial charge in [0, 0.05) is 12.7 Å². The molecule has 0 radical (unpaired) electrons. The van der Waals surface area contributed by atoms with Gasteiger partial charge < -0.3 is 5.32 Å². The SMILES string of the molecule is Cc1ccc2nc(SCC(=O)Nc3ccccc3Cc3ccccc3)n(C)c(=O)c2c1. The highest BCUT2D eigenvalue weighted by Crippen LogP contribution is 2.21. The maximum absolute atomic E-state index is 12.7. The summed E-state index contributed by atoms with van der Waals surface area (Å²) in [5.74, 6) is 0.0286. The van der Waals surface area contributed by atoms with Gasteiger partial charge >= 0.3 is 0 Å². The maximum Gasteiger partial charge on any atom is 0.261 e. The van der Waals surface area contributed by atoms with Crippen LogP contribution in [0.15, 0.2) is 82.7 Å². The Morgan fingerprint density at radius 2 is 1.77 bits per heavy atom. The first kappa shape index (κ1) is 20.9. The summed E-state index contributed by atoms with van der Waals surface area (Å²) < 4.78 is 1.50. The lowest BCUT2D eigenvalue weighted by molar-refractivity contribution is -0.113. The number of amides is 1. The van der Waals surface area contributed by atoms with Crippen LogP contribution in [0.4, 0.5) is 5.69 Å². The summed E-state index contributed by atoms with van der Waals surface area (Å²) in [6.07, 6.45) is 0.741. The van der Waals surface area contributed by atoms with E-state index >= 15 is 0 Å². The van der Waals surface area contributed by atoms with Crippen LogP contribution in [-0.4, -0.2) is 21.2 Å². The van der Waals surface area contributed by atoms with E-state index in [-0.39, 0.29) is 17.2 Å². The van der Waals surface area contributed by atoms with Crippen LogP contribution in [0.25, 0.3) is 10.9 Å². The summed E-state index contributed by atoms with van der Waals surface area (Å²) in [6.45, 7) is 1.95. The quantitative estimate of drug-likeness (QED) is 0.360. The van der Waals surface area contributed by atoms with E-state index in [1.165, 1.54) is 21.9 Å². The minimum Gasteiger partial charge on any atom is -0.325 e. The number of anilines is 1. The van der Waals surface area contributed by atoms with E-state index in [1.807, 2.05) is 67.6 Å². The Balaban J connectivity index is 1.48. The number of para-hydroxylation sites is 1. The van der Waals surface area contributed by atoms with Gasteiger partial charge in [-0.05, 0) is 42.7 Å². The number of hydrogen-bond donors (Lipinski definition) is 1. The molecule has 1 N–H and O–H groups in total. The zero-order valence-corrected chi connectivity index (χ0v) is 18.3. The van der Waals surface area contributed by atoms with Crippen LogP contribution in [-0.2, 0) is 18.3 Å². The van der Waals surface area contributed by atoms with Crippen molar-refractivity contribution in [3.05, 3.63) is 99.8 Å². The predicted molar refractivity (Wildman–Crippen MR) is 127 cm³/mol. The topological polar surface area (TPSA) is 64.0 Å². The van der Waals surface area contributed by atoms with Crippen LogP contribution in [0.2, 0.25) is 0 Å². The second kappa shape index (κ2) is 9.18. The number of fused-ring (bicyclic) bond motifs is 1. The summed E-state index contributed by atoms with van der Waals surface area (Å²) in [4.78, 5) is 29.9. The van der Waals surface area contributed by atoms with Crippen molar-refractivity contribution in [2.75, 3.05) is 11.1 Å². The molecule has 0 aliphatic heterocycles. The van der Waals surface area contributed by atoms with Gasteiger partial charge in [-0.2, -0.15) is 0 Å². The summed E-state index contributed by atoms with van der Waals surface area (Å²) in [6, 6.07) is 23.6. The van der Waals surface area contributed by atoms with Crippen LogP contribution in [0.5, 0.6) is 0 Å². The summed E-state index contributed by atoms with van der Waals surface area (Å²) in [7, 11) is 1.69. The van der Waals surface area contributed by atoms with E-state index in [1.54, 1.807) is 7.05 Å². The molecule has 1 heterocycles. The van der Waals surface area contributed by atoms with Gasteiger partial charge in [-0.15, -0.1) is 0 Å². The van der Waals surface area contributed by atoms with Crippen LogP contribution >= 0.6 is 11.8 Å². The molecule has 0 fully saturated rings. The molecule has 0 aliphatic rings. The van der Waals surface area contributed by atoms with E-state index in [2.05, 4.69) is 22.4 Å². The predicted octanol–water partition coefficient (Wildman–Crippen LogP) is 4.56. The molecule has 31 heavy (non-hydrogen) atoms. The number of nitrogens with zero attached hydrogens (tertiary/aromatic N) is 2. The highest BCUT2D eigenvalue weighted by Gasteiger charge is 2.12. The molecule has 0 saturated heterocycles. The summed E-state index contributed by atoms with van der Waals surface area (Å²) in [5, 5.41) is 4.12. The number of rotatable bonds is 6. The molecule has 156 valence electrons. The normalized spacial score (nSPS) is 10.9. The van der Waals surface area contributed by atoms with E-state index < -0.39 is 0 Å². The van der Waals surface area contributed by atoms with Gasteiger partial charge in [-0.3, -0.25) is 14.2 Å². The minimum atomic E-state index is -0.135. The van der Waals surface area contributed by atoms with Crippen LogP contribution in [0, 0.1) is 6.92 Å². The third-order valence-electron chi connectivity index (χ3n) is 5.05. The fraction of sp³-hybridized carbons (Fsp3) is 0.160. The number of carbonyl (C=O) groups excluding carboxylic acids is 1. The molecule has 0 unspecified atom stereocenters. The Bertz CT molecular complexity index is 1300. The zero-order valence-electron chi connectivity index (χ0n) is 17.5. The number of aryl methyl sites for hydroxylation is 1. The minimum absolute atomic E-state index is 0.107. The second-order valence-corrected chi connectivity index (χ2v) is 8.38. The molecule has 4 rings (SSSR count). The lowest BCUT2D eigenvalue weighted by Crippen LogP contribution is -2.21. The van der Waals surface area contributed by atoms with E-state index in [0.717, 1.165) is 23.2 Å². The zero-order chi connectivity index (χ0) is 21.8. The smallest absolute Gasteiger partial charge is 0.261 e. The summed E-state index contributed by atoms with van der Waals surface area (Å²) >= 11 is 1.26. The number of carbonyl (C=O) groups is 1. The van der Waals surface area contributed by atoms with Crippen LogP contribution in [0.3, 0.4) is 0 Å². The molecule has 5 nitrogen and oxygen atoms in total. The van der Waals surface area contributed by atoms with Gasteiger partial charge in [-0.1, -0.05) is 71.9 Å². The highest BCUT2D eigenvalue weighted by molar-refractivity contribution is 7.99. The van der Waals surface area contributed by atoms with Gasteiger partial charge in [0.05, 0.1) is 16.7 Å². The third kappa shape index (κ3) is 4.86. The van der Waals surface area contributed by atoms with Gasteiger partial charge in [0.25, 0.3) is 5.56 Å². The van der Waals surface area contributed by atoms with Gasteiger partial charge in [0.1, 0.15) is 0 Å². The number of aromatic nitrogens is 2. The lowest BCUT2D eigenvalue weighted by Gasteiger charge is -2.12. The fourth-order valence-corrected chi connectivity index (χ4v) is 4.19. The Hall–Kier alpha value is -3.38. The molecule has 0 saturated carbocycles. The number of thioether (sulfide) groups is 1. The maximum atomic E-state index is 12.7. The fourth-order valence-electron chi connectivity index (χ4n) is 3.42. The van der Waals surface area contributed by atoms with Crippen molar-refractivity contribution in [3.63, 3.8) is 0 Å². The number of nitrogens with one attached hydrogen (secondary N) is 1. The molecule has 0 atom stereocenters. The summed E-state index contributed by atoms with van der Waals surface area (Å²) in [5.41, 5.74) is 4.59. The van der Waals surface area contributed by atoms with Crippen molar-refractivity contribution >= 4 is 34.3 Å². The first-order chi connectivity index (χ1) is 15.0. The number of hydrogen-bond acceptors (Lipinski definition) is 4. The molecule has 1 amide bonds. The Kier molecular flexibility index (Phi) is 6.18. The van der Waals surface area contributed by atoms with E-state index in [0.29, 0.717) is 16.1 Å². The third-order valence-corrected chi connectivity index (χ3v) is 6.08. The molecule has 4 aromatic rings. The monoisotopic (exact) mass is 429 g/mol. The van der Waals surface area contributed by atoms with Crippen LogP contribution < -0.4 is 10.9 Å². The Morgan fingerprint density at radius 3 is 2.58 bits per heavy atom. The molecule has 0 aliphatic carbocycles. The van der Waals surface area contributed by atoms with Crippen molar-refractivity contribution in [2.45, 2.75) is 18.5 Å². The molecular weight excluding hydrogens is 406 g/mol. The van der Waals surface area contributed by atoms with E-state index in [9.17, 15) is 9.59 Å². The largest absolute Gasteiger partial charge is 0.325 e. The lowest BCUT2D eigenvalue weighted by atomic mass is 10.0. The van der Waals surface area contributed by atoms with Crippen molar-refractivity contribution < 1.29 is 4.79 Å². The average molecular weight is 430 g/mol. The van der Waals surface area contributed by atoms with E-state index in [4.69, 9.17) is 0 Å². The Morgan fingerprint density at radius 1 is 1.03 bits per heavy atom. The molecule has 0 spiro atoms. The van der Waals surface area contributed by atoms with Crippen molar-refractivity contribution in [3.8, 4) is 0 Å². The van der Waals surface area contributed by atoms with Crippen LogP contribution in [0.1, 0.15) is 16.7 Å².